The van der Waals surface area contributed by atoms with E-state index < -0.39 is 0 Å². The third kappa shape index (κ3) is 5.40. The molecule has 1 N–H and O–H groups in total. The third-order valence-electron chi connectivity index (χ3n) is 4.78. The number of piperazine rings is 1. The molecule has 4 heteroatoms. The summed E-state index contributed by atoms with van der Waals surface area (Å²) < 4.78 is 5.66. The predicted molar refractivity (Wildman–Crippen MR) is 96.5 cm³/mol. The van der Waals surface area contributed by atoms with Crippen molar-refractivity contribution in [2.45, 2.75) is 26.2 Å². The molecule has 0 amide bonds. The number of rotatable bonds is 9. The van der Waals surface area contributed by atoms with Gasteiger partial charge in [-0.25, -0.2) is 0 Å². The molecule has 1 aliphatic heterocycles. The number of hydrogen-bond donors (Lipinski definition) is 1. The minimum absolute atomic E-state index is 0.798. The van der Waals surface area contributed by atoms with Crippen LogP contribution in [0.15, 0.2) is 24.3 Å². The van der Waals surface area contributed by atoms with E-state index in [0.29, 0.717) is 0 Å². The Labute approximate surface area is 140 Å². The molecular formula is C19H31N3O. The summed E-state index contributed by atoms with van der Waals surface area (Å²) in [6.07, 6.45) is 3.93. The lowest BCUT2D eigenvalue weighted by Crippen LogP contribution is -2.48. The topological polar surface area (TPSA) is 27.7 Å². The molecule has 0 aromatic heterocycles. The van der Waals surface area contributed by atoms with Gasteiger partial charge < -0.3 is 15.0 Å². The van der Waals surface area contributed by atoms with Crippen molar-refractivity contribution in [1.82, 2.24) is 10.2 Å². The lowest BCUT2D eigenvalue weighted by molar-refractivity contribution is 0.257. The van der Waals surface area contributed by atoms with Gasteiger partial charge in [-0.15, -0.1) is 0 Å². The van der Waals surface area contributed by atoms with Crippen LogP contribution in [0.4, 0.5) is 5.69 Å². The van der Waals surface area contributed by atoms with Crippen molar-refractivity contribution in [3.63, 3.8) is 0 Å². The number of ether oxygens (including phenoxy) is 1. The fourth-order valence-electron chi connectivity index (χ4n) is 3.07. The summed E-state index contributed by atoms with van der Waals surface area (Å²) in [5, 5.41) is 3.59. The van der Waals surface area contributed by atoms with Crippen LogP contribution in [-0.4, -0.2) is 57.3 Å². The van der Waals surface area contributed by atoms with Gasteiger partial charge in [0.05, 0.1) is 6.61 Å². The van der Waals surface area contributed by atoms with Gasteiger partial charge in [-0.2, -0.15) is 0 Å². The molecule has 128 valence electrons. The highest BCUT2D eigenvalue weighted by atomic mass is 16.5. The van der Waals surface area contributed by atoms with Crippen LogP contribution in [0.1, 0.15) is 26.2 Å². The Balaban J connectivity index is 1.35. The molecule has 1 saturated carbocycles. The number of nitrogens with zero attached hydrogens (tertiary/aromatic N) is 2. The predicted octanol–water partition coefficient (Wildman–Crippen LogP) is 2.60. The van der Waals surface area contributed by atoms with Crippen LogP contribution in [-0.2, 0) is 0 Å². The summed E-state index contributed by atoms with van der Waals surface area (Å²) in [5.74, 6) is 1.96. The van der Waals surface area contributed by atoms with Crippen LogP contribution in [0.5, 0.6) is 5.75 Å². The highest BCUT2D eigenvalue weighted by molar-refractivity contribution is 5.49. The van der Waals surface area contributed by atoms with E-state index in [1.165, 1.54) is 44.7 Å². The maximum absolute atomic E-state index is 5.66. The van der Waals surface area contributed by atoms with Crippen molar-refractivity contribution in [1.29, 1.82) is 0 Å². The van der Waals surface area contributed by atoms with E-state index in [-0.39, 0.29) is 0 Å². The van der Waals surface area contributed by atoms with E-state index in [1.807, 2.05) is 0 Å². The molecule has 0 spiro atoms. The molecule has 3 rings (SSSR count). The number of hydrogen-bond acceptors (Lipinski definition) is 4. The molecular weight excluding hydrogens is 286 g/mol. The molecule has 1 aromatic rings. The van der Waals surface area contributed by atoms with Gasteiger partial charge in [0.1, 0.15) is 5.75 Å². The largest absolute Gasteiger partial charge is 0.494 e. The van der Waals surface area contributed by atoms with Crippen molar-refractivity contribution in [3.8, 4) is 5.75 Å². The first-order valence-corrected chi connectivity index (χ1v) is 9.26. The zero-order chi connectivity index (χ0) is 15.9. The van der Waals surface area contributed by atoms with Crippen molar-refractivity contribution in [2.24, 2.45) is 5.92 Å². The van der Waals surface area contributed by atoms with Gasteiger partial charge in [-0.05, 0) is 56.0 Å². The SMILES string of the molecule is CCCOc1ccc(N2CCN(CCNCC3CC3)CC2)cc1. The lowest BCUT2D eigenvalue weighted by Gasteiger charge is -2.36. The second-order valence-electron chi connectivity index (χ2n) is 6.82. The summed E-state index contributed by atoms with van der Waals surface area (Å²) in [7, 11) is 0. The highest BCUT2D eigenvalue weighted by Gasteiger charge is 2.21. The van der Waals surface area contributed by atoms with E-state index in [4.69, 9.17) is 4.74 Å². The molecule has 0 atom stereocenters. The van der Waals surface area contributed by atoms with Crippen molar-refractivity contribution < 1.29 is 4.74 Å². The van der Waals surface area contributed by atoms with Gasteiger partial charge in [-0.1, -0.05) is 6.92 Å². The first-order chi connectivity index (χ1) is 11.3. The number of anilines is 1. The summed E-state index contributed by atoms with van der Waals surface area (Å²) in [5.41, 5.74) is 1.32. The Hall–Kier alpha value is -1.26. The molecule has 0 unspecified atom stereocenters. The first kappa shape index (κ1) is 16.6. The molecule has 1 aromatic carbocycles. The summed E-state index contributed by atoms with van der Waals surface area (Å²) >= 11 is 0. The fraction of sp³-hybridized carbons (Fsp3) is 0.684. The second-order valence-corrected chi connectivity index (χ2v) is 6.82. The Morgan fingerprint density at radius 1 is 1.09 bits per heavy atom. The zero-order valence-corrected chi connectivity index (χ0v) is 14.5. The fourth-order valence-corrected chi connectivity index (χ4v) is 3.07. The van der Waals surface area contributed by atoms with Gasteiger partial charge in [0.25, 0.3) is 0 Å². The molecule has 0 radical (unpaired) electrons. The Kier molecular flexibility index (Phi) is 6.17. The standard InChI is InChI=1S/C19H31N3O/c1-2-15-23-19-7-5-18(6-8-19)22-13-11-21(12-14-22)10-9-20-16-17-3-4-17/h5-8,17,20H,2-4,9-16H2,1H3. The maximum atomic E-state index is 5.66. The van der Waals surface area contributed by atoms with Crippen LogP contribution in [0.25, 0.3) is 0 Å². The third-order valence-corrected chi connectivity index (χ3v) is 4.78. The maximum Gasteiger partial charge on any atom is 0.119 e. The van der Waals surface area contributed by atoms with Gasteiger partial charge in [0.2, 0.25) is 0 Å². The first-order valence-electron chi connectivity index (χ1n) is 9.26. The molecule has 0 bridgehead atoms. The van der Waals surface area contributed by atoms with E-state index in [0.717, 1.165) is 44.3 Å². The van der Waals surface area contributed by atoms with E-state index in [9.17, 15) is 0 Å². The van der Waals surface area contributed by atoms with Gasteiger partial charge in [-0.3, -0.25) is 4.90 Å². The monoisotopic (exact) mass is 317 g/mol. The Bertz CT molecular complexity index is 450. The second kappa shape index (κ2) is 8.55. The van der Waals surface area contributed by atoms with Gasteiger partial charge in [0, 0.05) is 45.0 Å². The van der Waals surface area contributed by atoms with Gasteiger partial charge >= 0.3 is 0 Å². The van der Waals surface area contributed by atoms with Crippen molar-refractivity contribution >= 4 is 5.69 Å². The van der Waals surface area contributed by atoms with Gasteiger partial charge in [0.15, 0.2) is 0 Å². The molecule has 1 saturated heterocycles. The van der Waals surface area contributed by atoms with E-state index in [1.54, 1.807) is 0 Å². The Morgan fingerprint density at radius 3 is 2.48 bits per heavy atom. The number of benzene rings is 1. The molecule has 23 heavy (non-hydrogen) atoms. The molecule has 2 aliphatic rings. The average molecular weight is 317 g/mol. The minimum atomic E-state index is 0.798. The van der Waals surface area contributed by atoms with Crippen molar-refractivity contribution in [2.75, 3.05) is 57.3 Å². The number of nitrogens with one attached hydrogen (secondary N) is 1. The molecule has 4 nitrogen and oxygen atoms in total. The van der Waals surface area contributed by atoms with E-state index in [2.05, 4.69) is 46.3 Å². The summed E-state index contributed by atoms with van der Waals surface area (Å²) in [6, 6.07) is 8.58. The molecule has 2 fully saturated rings. The quantitative estimate of drug-likeness (QED) is 0.709. The van der Waals surface area contributed by atoms with Crippen LogP contribution in [0.3, 0.4) is 0 Å². The average Bonchev–Trinajstić information content (AvgIpc) is 3.42. The smallest absolute Gasteiger partial charge is 0.119 e. The Morgan fingerprint density at radius 2 is 1.83 bits per heavy atom. The molecule has 1 heterocycles. The van der Waals surface area contributed by atoms with E-state index >= 15 is 0 Å². The summed E-state index contributed by atoms with van der Waals surface area (Å²) in [4.78, 5) is 5.06. The van der Waals surface area contributed by atoms with Crippen LogP contribution in [0.2, 0.25) is 0 Å². The summed E-state index contributed by atoms with van der Waals surface area (Å²) in [6.45, 7) is 11.1. The van der Waals surface area contributed by atoms with Crippen LogP contribution >= 0.6 is 0 Å². The van der Waals surface area contributed by atoms with Crippen LogP contribution < -0.4 is 15.0 Å². The van der Waals surface area contributed by atoms with Crippen molar-refractivity contribution in [3.05, 3.63) is 24.3 Å². The zero-order valence-electron chi connectivity index (χ0n) is 14.5. The molecule has 1 aliphatic carbocycles. The lowest BCUT2D eigenvalue weighted by atomic mass is 10.2. The van der Waals surface area contributed by atoms with Crippen LogP contribution in [0, 0.1) is 5.92 Å². The normalized spacial score (nSPS) is 19.1. The minimum Gasteiger partial charge on any atom is -0.494 e. The highest BCUT2D eigenvalue weighted by Crippen LogP contribution is 2.27.